The van der Waals surface area contributed by atoms with Crippen LogP contribution in [0.3, 0.4) is 0 Å². The zero-order valence-corrected chi connectivity index (χ0v) is 12.2. The fourth-order valence-corrected chi connectivity index (χ4v) is 2.86. The summed E-state index contributed by atoms with van der Waals surface area (Å²) in [6, 6.07) is 0. The first kappa shape index (κ1) is 13.3. The van der Waals surface area contributed by atoms with Gasteiger partial charge in [0.05, 0.1) is 22.4 Å². The molecule has 1 aliphatic heterocycles. The number of rotatable bonds is 3. The number of hydrogen-bond acceptors (Lipinski definition) is 3. The Kier molecular flexibility index (Phi) is 3.85. The van der Waals surface area contributed by atoms with Gasteiger partial charge in [-0.3, -0.25) is 19.2 Å². The van der Waals surface area contributed by atoms with Crippen LogP contribution in [0.5, 0.6) is 0 Å². The first-order valence-corrected chi connectivity index (χ1v) is 6.87. The van der Waals surface area contributed by atoms with Crippen LogP contribution in [0.25, 0.3) is 0 Å². The number of aromatic nitrogens is 2. The molecule has 1 fully saturated rings. The number of nitrogens with zero attached hydrogens (tertiary/aromatic N) is 3. The van der Waals surface area contributed by atoms with Gasteiger partial charge in [-0.25, -0.2) is 0 Å². The summed E-state index contributed by atoms with van der Waals surface area (Å²) in [5, 5.41) is 4.36. The largest absolute Gasteiger partial charge is 0.277 e. The Bertz CT molecular complexity index is 480. The molecule has 0 atom stereocenters. The van der Waals surface area contributed by atoms with Crippen molar-refractivity contribution in [1.29, 1.82) is 0 Å². The number of aryl methyl sites for hydroxylation is 2. The van der Waals surface area contributed by atoms with Crippen molar-refractivity contribution in [2.75, 3.05) is 0 Å². The standard InChI is InChI=1S/C12H16BrN3O2/c1-3-8-12(13)9(15(2)14-8)7-16-10(17)5-4-6-11(16)18/h3-7H2,1-2H3. The lowest BCUT2D eigenvalue weighted by Gasteiger charge is -2.24. The molecule has 0 saturated carbocycles. The normalized spacial score (nSPS) is 16.5. The molecule has 1 aliphatic rings. The predicted octanol–water partition coefficient (Wildman–Crippen LogP) is 1.78. The molecule has 2 heterocycles. The molecule has 98 valence electrons. The molecular formula is C12H16BrN3O2. The zero-order chi connectivity index (χ0) is 13.3. The van der Waals surface area contributed by atoms with Crippen LogP contribution < -0.4 is 0 Å². The minimum Gasteiger partial charge on any atom is -0.277 e. The minimum atomic E-state index is -0.0857. The fourth-order valence-electron chi connectivity index (χ4n) is 2.12. The molecule has 6 heteroatoms. The quantitative estimate of drug-likeness (QED) is 0.799. The van der Waals surface area contributed by atoms with Crippen molar-refractivity contribution < 1.29 is 9.59 Å². The number of likely N-dealkylation sites (tertiary alicyclic amines) is 1. The zero-order valence-electron chi connectivity index (χ0n) is 10.6. The summed E-state index contributed by atoms with van der Waals surface area (Å²) in [5.41, 5.74) is 1.82. The Morgan fingerprint density at radius 1 is 1.28 bits per heavy atom. The molecule has 2 rings (SSSR count). The van der Waals surface area contributed by atoms with E-state index in [4.69, 9.17) is 0 Å². The first-order valence-electron chi connectivity index (χ1n) is 6.08. The molecule has 0 N–H and O–H groups in total. The van der Waals surface area contributed by atoms with E-state index in [2.05, 4.69) is 21.0 Å². The Labute approximate surface area is 114 Å². The van der Waals surface area contributed by atoms with E-state index in [-0.39, 0.29) is 11.8 Å². The summed E-state index contributed by atoms with van der Waals surface area (Å²) in [6.45, 7) is 2.33. The van der Waals surface area contributed by atoms with Gasteiger partial charge in [-0.05, 0) is 28.8 Å². The van der Waals surface area contributed by atoms with Crippen molar-refractivity contribution in [2.24, 2.45) is 7.05 Å². The van der Waals surface area contributed by atoms with E-state index in [1.165, 1.54) is 4.90 Å². The van der Waals surface area contributed by atoms with Gasteiger partial charge in [0, 0.05) is 19.9 Å². The maximum Gasteiger partial charge on any atom is 0.229 e. The Morgan fingerprint density at radius 3 is 2.39 bits per heavy atom. The molecule has 0 aromatic carbocycles. The average Bonchev–Trinajstić information content (AvgIpc) is 2.60. The number of halogens is 1. The second kappa shape index (κ2) is 5.22. The smallest absolute Gasteiger partial charge is 0.229 e. The molecule has 1 saturated heterocycles. The van der Waals surface area contributed by atoms with Crippen LogP contribution in [0.15, 0.2) is 4.47 Å². The van der Waals surface area contributed by atoms with E-state index in [9.17, 15) is 9.59 Å². The van der Waals surface area contributed by atoms with Gasteiger partial charge in [-0.1, -0.05) is 6.92 Å². The van der Waals surface area contributed by atoms with Crippen molar-refractivity contribution in [3.05, 3.63) is 15.9 Å². The van der Waals surface area contributed by atoms with Gasteiger partial charge < -0.3 is 0 Å². The summed E-state index contributed by atoms with van der Waals surface area (Å²) >= 11 is 3.50. The van der Waals surface area contributed by atoms with Crippen LogP contribution in [0, 0.1) is 0 Å². The van der Waals surface area contributed by atoms with Gasteiger partial charge in [0.2, 0.25) is 11.8 Å². The van der Waals surface area contributed by atoms with Crippen molar-refractivity contribution in [3.63, 3.8) is 0 Å². The third kappa shape index (κ3) is 2.34. The van der Waals surface area contributed by atoms with Gasteiger partial charge in [0.15, 0.2) is 0 Å². The SMILES string of the molecule is CCc1nn(C)c(CN2C(=O)CCCC2=O)c1Br. The Morgan fingerprint density at radius 2 is 1.89 bits per heavy atom. The van der Waals surface area contributed by atoms with E-state index in [1.807, 2.05) is 14.0 Å². The van der Waals surface area contributed by atoms with Crippen molar-refractivity contribution in [2.45, 2.75) is 39.2 Å². The Balaban J connectivity index is 2.25. The molecular weight excluding hydrogens is 298 g/mol. The fraction of sp³-hybridized carbons (Fsp3) is 0.583. The number of hydrogen-bond donors (Lipinski definition) is 0. The molecule has 1 aromatic rings. The topological polar surface area (TPSA) is 55.2 Å². The van der Waals surface area contributed by atoms with Crippen LogP contribution in [0.1, 0.15) is 37.6 Å². The van der Waals surface area contributed by atoms with Gasteiger partial charge in [0.1, 0.15) is 0 Å². The van der Waals surface area contributed by atoms with E-state index >= 15 is 0 Å². The van der Waals surface area contributed by atoms with Gasteiger partial charge in [-0.2, -0.15) is 5.10 Å². The molecule has 0 aliphatic carbocycles. The van der Waals surface area contributed by atoms with E-state index in [1.54, 1.807) is 4.68 Å². The third-order valence-electron chi connectivity index (χ3n) is 3.19. The summed E-state index contributed by atoms with van der Waals surface area (Å²) in [4.78, 5) is 24.9. The van der Waals surface area contributed by atoms with Crippen molar-refractivity contribution in [1.82, 2.24) is 14.7 Å². The summed E-state index contributed by atoms with van der Waals surface area (Å²) in [5.74, 6) is -0.171. The summed E-state index contributed by atoms with van der Waals surface area (Å²) in [7, 11) is 1.83. The highest BCUT2D eigenvalue weighted by atomic mass is 79.9. The lowest BCUT2D eigenvalue weighted by molar-refractivity contribution is -0.148. The first-order chi connectivity index (χ1) is 8.54. The number of amides is 2. The predicted molar refractivity (Wildman–Crippen MR) is 69.7 cm³/mol. The van der Waals surface area contributed by atoms with Crippen molar-refractivity contribution >= 4 is 27.7 Å². The van der Waals surface area contributed by atoms with Crippen molar-refractivity contribution in [3.8, 4) is 0 Å². The van der Waals surface area contributed by atoms with Gasteiger partial charge in [-0.15, -0.1) is 0 Å². The molecule has 0 unspecified atom stereocenters. The van der Waals surface area contributed by atoms with E-state index in [0.29, 0.717) is 25.8 Å². The lowest BCUT2D eigenvalue weighted by atomic mass is 10.1. The molecule has 0 spiro atoms. The highest BCUT2D eigenvalue weighted by Gasteiger charge is 2.28. The molecule has 2 amide bonds. The number of carbonyl (C=O) groups is 2. The molecule has 1 aromatic heterocycles. The maximum absolute atomic E-state index is 11.8. The summed E-state index contributed by atoms with van der Waals surface area (Å²) in [6.07, 6.45) is 2.40. The second-order valence-electron chi connectivity index (χ2n) is 4.41. The molecule has 5 nitrogen and oxygen atoms in total. The van der Waals surface area contributed by atoms with Crippen LogP contribution in [-0.4, -0.2) is 26.5 Å². The minimum absolute atomic E-state index is 0.0857. The second-order valence-corrected chi connectivity index (χ2v) is 5.20. The highest BCUT2D eigenvalue weighted by molar-refractivity contribution is 9.10. The Hall–Kier alpha value is -1.17. The highest BCUT2D eigenvalue weighted by Crippen LogP contribution is 2.24. The van der Waals surface area contributed by atoms with Crippen LogP contribution >= 0.6 is 15.9 Å². The van der Waals surface area contributed by atoms with Crippen LogP contribution in [0.4, 0.5) is 0 Å². The molecule has 0 bridgehead atoms. The molecule has 0 radical (unpaired) electrons. The maximum atomic E-state index is 11.8. The van der Waals surface area contributed by atoms with Gasteiger partial charge in [0.25, 0.3) is 0 Å². The number of imide groups is 1. The summed E-state index contributed by atoms with van der Waals surface area (Å²) < 4.78 is 2.64. The van der Waals surface area contributed by atoms with Crippen LogP contribution in [0.2, 0.25) is 0 Å². The average molecular weight is 314 g/mol. The van der Waals surface area contributed by atoms with E-state index in [0.717, 1.165) is 22.3 Å². The number of piperidine rings is 1. The monoisotopic (exact) mass is 313 g/mol. The lowest BCUT2D eigenvalue weighted by Crippen LogP contribution is -2.39. The van der Waals surface area contributed by atoms with Gasteiger partial charge >= 0.3 is 0 Å². The van der Waals surface area contributed by atoms with E-state index < -0.39 is 0 Å². The molecule has 18 heavy (non-hydrogen) atoms. The number of carbonyl (C=O) groups excluding carboxylic acids is 2. The van der Waals surface area contributed by atoms with Crippen LogP contribution in [-0.2, 0) is 29.6 Å². The third-order valence-corrected chi connectivity index (χ3v) is 4.11.